The van der Waals surface area contributed by atoms with Crippen molar-refractivity contribution in [1.29, 1.82) is 0 Å². The molecule has 0 spiro atoms. The van der Waals surface area contributed by atoms with E-state index in [4.69, 9.17) is 22.1 Å². The van der Waals surface area contributed by atoms with E-state index < -0.39 is 0 Å². The van der Waals surface area contributed by atoms with Crippen molar-refractivity contribution in [2.75, 3.05) is 18.0 Å². The fourth-order valence-corrected chi connectivity index (χ4v) is 2.94. The molecule has 0 atom stereocenters. The third-order valence-corrected chi connectivity index (χ3v) is 4.66. The van der Waals surface area contributed by atoms with Crippen molar-refractivity contribution in [2.24, 2.45) is 5.73 Å². The lowest BCUT2D eigenvalue weighted by atomic mass is 9.91. The van der Waals surface area contributed by atoms with Crippen molar-refractivity contribution in [1.82, 2.24) is 25.1 Å². The molecular weight excluding hydrogens is 413 g/mol. The fourth-order valence-electron chi connectivity index (χ4n) is 2.78. The van der Waals surface area contributed by atoms with Crippen molar-refractivity contribution >= 4 is 53.4 Å². The highest BCUT2D eigenvalue weighted by Crippen LogP contribution is 2.30. The molecule has 0 aliphatic carbocycles. The van der Waals surface area contributed by atoms with Crippen molar-refractivity contribution in [3.63, 3.8) is 0 Å². The van der Waals surface area contributed by atoms with Crippen LogP contribution in [-0.2, 0) is 0 Å². The van der Waals surface area contributed by atoms with Gasteiger partial charge in [-0.1, -0.05) is 11.6 Å². The Labute approximate surface area is 173 Å². The number of ether oxygens (including phenoxy) is 1. The fraction of sp³-hybridized carbons (Fsp3) is 0.375. The first-order valence-electron chi connectivity index (χ1n) is 8.05. The highest BCUT2D eigenvalue weighted by molar-refractivity contribution is 6.31. The molecule has 0 saturated carbocycles. The summed E-state index contributed by atoms with van der Waals surface area (Å²) in [7, 11) is 0. The van der Waals surface area contributed by atoms with Gasteiger partial charge < -0.3 is 15.4 Å². The monoisotopic (exact) mass is 431 g/mol. The predicted molar refractivity (Wildman–Crippen MR) is 110 cm³/mol. The van der Waals surface area contributed by atoms with Crippen LogP contribution in [0.4, 0.5) is 5.82 Å². The minimum atomic E-state index is -0.106. The lowest BCUT2D eigenvalue weighted by Crippen LogP contribution is -2.48. The zero-order chi connectivity index (χ0) is 17.4. The van der Waals surface area contributed by atoms with Gasteiger partial charge in [0, 0.05) is 24.8 Å². The van der Waals surface area contributed by atoms with Crippen molar-refractivity contribution in [3.8, 4) is 11.8 Å². The van der Waals surface area contributed by atoms with Gasteiger partial charge in [-0.05, 0) is 31.9 Å². The first-order valence-corrected chi connectivity index (χ1v) is 8.43. The van der Waals surface area contributed by atoms with Gasteiger partial charge in [0.25, 0.3) is 5.88 Å². The molecule has 27 heavy (non-hydrogen) atoms. The summed E-state index contributed by atoms with van der Waals surface area (Å²) in [4.78, 5) is 15.3. The first-order chi connectivity index (χ1) is 12.0. The smallest absolute Gasteiger partial charge is 0.268 e. The maximum absolute atomic E-state index is 6.19. The van der Waals surface area contributed by atoms with Crippen molar-refractivity contribution in [2.45, 2.75) is 25.3 Å². The Hall–Kier alpha value is -1.87. The van der Waals surface area contributed by atoms with E-state index in [0.717, 1.165) is 31.7 Å². The molecule has 4 rings (SSSR count). The van der Waals surface area contributed by atoms with Gasteiger partial charge in [-0.15, -0.1) is 29.9 Å². The molecule has 0 unspecified atom stereocenters. The Morgan fingerprint density at radius 3 is 2.67 bits per heavy atom. The largest absolute Gasteiger partial charge is 0.415 e. The quantitative estimate of drug-likeness (QED) is 0.653. The average molecular weight is 433 g/mol. The van der Waals surface area contributed by atoms with E-state index in [1.165, 1.54) is 0 Å². The average Bonchev–Trinajstić information content (AvgIpc) is 2.99. The molecule has 0 radical (unpaired) electrons. The summed E-state index contributed by atoms with van der Waals surface area (Å²) in [5.41, 5.74) is 7.17. The number of nitrogens with one attached hydrogen (secondary N) is 1. The molecular formula is C16H20Cl3N7O. The van der Waals surface area contributed by atoms with Crippen LogP contribution < -0.4 is 15.4 Å². The molecule has 1 fully saturated rings. The highest BCUT2D eigenvalue weighted by Gasteiger charge is 2.27. The van der Waals surface area contributed by atoms with Crippen LogP contribution in [0.3, 0.4) is 0 Å². The highest BCUT2D eigenvalue weighted by atomic mass is 35.5. The lowest BCUT2D eigenvalue weighted by Gasteiger charge is -2.37. The summed E-state index contributed by atoms with van der Waals surface area (Å²) < 4.78 is 5.66. The number of hydrogen-bond donors (Lipinski definition) is 2. The number of aromatic amines is 1. The Balaban J connectivity index is 0.00000131. The standard InChI is InChI=1S/C16H18ClN7O.2ClH/c1-16(18)4-7-24(8-5-16)11-9-20-12-13(21-11)22-23-15(12)25-14-10(17)3-2-6-19-14;;/h2-3,6,9H,4-5,7-8,18H2,1H3,(H,21,22,23);2*1H. The second kappa shape index (κ2) is 8.43. The van der Waals surface area contributed by atoms with Gasteiger partial charge in [0.05, 0.1) is 6.20 Å². The number of H-pyrrole nitrogens is 1. The zero-order valence-electron chi connectivity index (χ0n) is 14.6. The van der Waals surface area contributed by atoms with E-state index >= 15 is 0 Å². The van der Waals surface area contributed by atoms with E-state index in [1.807, 2.05) is 0 Å². The number of aromatic nitrogens is 5. The van der Waals surface area contributed by atoms with E-state index in [1.54, 1.807) is 24.5 Å². The number of pyridine rings is 1. The SMILES string of the molecule is CC1(N)CCN(c2cnc3c(Oc4ncccc4Cl)n[nH]c3n2)CC1.Cl.Cl. The summed E-state index contributed by atoms with van der Waals surface area (Å²) in [6.45, 7) is 3.79. The number of rotatable bonds is 3. The molecule has 3 N–H and O–H groups in total. The zero-order valence-corrected chi connectivity index (χ0v) is 16.9. The molecule has 11 heteroatoms. The van der Waals surface area contributed by atoms with E-state index in [-0.39, 0.29) is 36.2 Å². The third kappa shape index (κ3) is 4.52. The maximum atomic E-state index is 6.19. The van der Waals surface area contributed by atoms with Gasteiger partial charge in [0.2, 0.25) is 5.88 Å². The summed E-state index contributed by atoms with van der Waals surface area (Å²) in [6.07, 6.45) is 5.16. The van der Waals surface area contributed by atoms with Crippen LogP contribution in [0.5, 0.6) is 11.8 Å². The van der Waals surface area contributed by atoms with Gasteiger partial charge in [0.15, 0.2) is 11.2 Å². The molecule has 0 bridgehead atoms. The number of nitrogens with zero attached hydrogens (tertiary/aromatic N) is 5. The normalized spacial score (nSPS) is 15.7. The molecule has 1 aliphatic rings. The van der Waals surface area contributed by atoms with Gasteiger partial charge in [-0.25, -0.2) is 15.0 Å². The Morgan fingerprint density at radius 2 is 1.96 bits per heavy atom. The van der Waals surface area contributed by atoms with Crippen LogP contribution in [0.25, 0.3) is 11.2 Å². The molecule has 146 valence electrons. The first kappa shape index (κ1) is 21.4. The minimum absolute atomic E-state index is 0. The van der Waals surface area contributed by atoms with Crippen LogP contribution in [0.1, 0.15) is 19.8 Å². The van der Waals surface area contributed by atoms with Gasteiger partial charge in [-0.3, -0.25) is 5.10 Å². The van der Waals surface area contributed by atoms with Crippen LogP contribution in [0.15, 0.2) is 24.5 Å². The summed E-state index contributed by atoms with van der Waals surface area (Å²) in [5.74, 6) is 1.37. The second-order valence-corrected chi connectivity index (χ2v) is 6.89. The molecule has 3 aromatic heterocycles. The molecule has 1 aliphatic heterocycles. The number of halogens is 3. The molecule has 0 amide bonds. The Kier molecular flexibility index (Phi) is 6.69. The van der Waals surface area contributed by atoms with Crippen LogP contribution >= 0.6 is 36.4 Å². The molecule has 8 nitrogen and oxygen atoms in total. The Morgan fingerprint density at radius 1 is 1.22 bits per heavy atom. The Bertz CT molecular complexity index is 908. The van der Waals surface area contributed by atoms with Crippen molar-refractivity contribution in [3.05, 3.63) is 29.5 Å². The lowest BCUT2D eigenvalue weighted by molar-refractivity contribution is 0.363. The van der Waals surface area contributed by atoms with Crippen molar-refractivity contribution < 1.29 is 4.74 Å². The number of hydrogen-bond acceptors (Lipinski definition) is 7. The molecule has 4 heterocycles. The predicted octanol–water partition coefficient (Wildman–Crippen LogP) is 3.35. The van der Waals surface area contributed by atoms with Gasteiger partial charge in [0.1, 0.15) is 10.8 Å². The number of piperidine rings is 1. The molecule has 0 aromatic carbocycles. The summed E-state index contributed by atoms with van der Waals surface area (Å²) >= 11 is 6.06. The number of fused-ring (bicyclic) bond motifs is 1. The van der Waals surface area contributed by atoms with Gasteiger partial charge in [-0.2, -0.15) is 0 Å². The molecule has 1 saturated heterocycles. The maximum Gasteiger partial charge on any atom is 0.268 e. The summed E-state index contributed by atoms with van der Waals surface area (Å²) in [5, 5.41) is 7.39. The second-order valence-electron chi connectivity index (χ2n) is 6.49. The van der Waals surface area contributed by atoms with E-state index in [9.17, 15) is 0 Å². The van der Waals surface area contributed by atoms with Crippen LogP contribution in [0, 0.1) is 0 Å². The van der Waals surface area contributed by atoms with E-state index in [2.05, 4.69) is 37.0 Å². The summed E-state index contributed by atoms with van der Waals surface area (Å²) in [6, 6.07) is 3.43. The van der Waals surface area contributed by atoms with Gasteiger partial charge >= 0.3 is 0 Å². The minimum Gasteiger partial charge on any atom is -0.415 e. The van der Waals surface area contributed by atoms with Crippen LogP contribution in [-0.4, -0.2) is 43.8 Å². The van der Waals surface area contributed by atoms with Crippen LogP contribution in [0.2, 0.25) is 5.02 Å². The number of nitrogens with two attached hydrogens (primary N) is 1. The molecule has 3 aromatic rings. The van der Waals surface area contributed by atoms with E-state index in [0.29, 0.717) is 22.1 Å². The topological polar surface area (TPSA) is 106 Å². The third-order valence-electron chi connectivity index (χ3n) is 4.37. The number of anilines is 1.